The fourth-order valence-electron chi connectivity index (χ4n) is 2.56. The Balaban J connectivity index is 0.000000853. The number of nitrogens with one attached hydrogen (secondary N) is 2. The summed E-state index contributed by atoms with van der Waals surface area (Å²) in [5.74, 6) is 2.64. The van der Waals surface area contributed by atoms with Crippen molar-refractivity contribution in [2.75, 3.05) is 6.54 Å². The maximum atomic E-state index is 11.7. The lowest BCUT2D eigenvalue weighted by atomic mass is 10.1. The summed E-state index contributed by atoms with van der Waals surface area (Å²) in [6, 6.07) is 0.790. The molecule has 2 saturated carbocycles. The quantitative estimate of drug-likeness (QED) is 0.758. The van der Waals surface area contributed by atoms with Crippen molar-refractivity contribution in [2.24, 2.45) is 17.8 Å². The normalized spacial score (nSPS) is 45.3. The van der Waals surface area contributed by atoms with E-state index in [2.05, 4.69) is 17.6 Å². The molecule has 0 aromatic rings. The third kappa shape index (κ3) is 2.28. The minimum atomic E-state index is 0. The van der Waals surface area contributed by atoms with Crippen LogP contribution in [0.2, 0.25) is 0 Å². The van der Waals surface area contributed by atoms with E-state index in [-0.39, 0.29) is 24.4 Å². The second-order valence-corrected chi connectivity index (χ2v) is 5.28. The molecule has 2 unspecified atom stereocenters. The third-order valence-corrected chi connectivity index (χ3v) is 4.01. The number of halogens is 1. The van der Waals surface area contributed by atoms with E-state index in [1.54, 1.807) is 0 Å². The van der Waals surface area contributed by atoms with Gasteiger partial charge in [-0.3, -0.25) is 4.79 Å². The van der Waals surface area contributed by atoms with E-state index in [4.69, 9.17) is 0 Å². The predicted octanol–water partition coefficient (Wildman–Crippen LogP) is 0.931. The largest absolute Gasteiger partial charge is 0.354 e. The Hall–Kier alpha value is -0.280. The molecule has 1 aliphatic heterocycles. The summed E-state index contributed by atoms with van der Waals surface area (Å²) in [5, 5.41) is 6.43. The van der Waals surface area contributed by atoms with Crippen molar-refractivity contribution >= 4 is 18.3 Å². The number of fused-ring (bicyclic) bond motifs is 1. The van der Waals surface area contributed by atoms with Gasteiger partial charge in [0.25, 0.3) is 0 Å². The fraction of sp³-hybridized carbons (Fsp3) is 0.909. The molecule has 0 aromatic carbocycles. The molecule has 3 fully saturated rings. The van der Waals surface area contributed by atoms with E-state index in [1.807, 2.05) is 0 Å². The Kier molecular flexibility index (Phi) is 2.95. The van der Waals surface area contributed by atoms with Crippen LogP contribution in [0.5, 0.6) is 0 Å². The summed E-state index contributed by atoms with van der Waals surface area (Å²) in [6.45, 7) is 3.15. The van der Waals surface area contributed by atoms with Crippen LogP contribution in [0.1, 0.15) is 26.2 Å². The van der Waals surface area contributed by atoms with Gasteiger partial charge in [0, 0.05) is 12.6 Å². The van der Waals surface area contributed by atoms with Gasteiger partial charge in [0.1, 0.15) is 0 Å². The summed E-state index contributed by atoms with van der Waals surface area (Å²) in [5.41, 5.74) is 0. The highest BCUT2D eigenvalue weighted by Gasteiger charge is 2.47. The number of piperidine rings is 1. The van der Waals surface area contributed by atoms with Crippen LogP contribution in [-0.2, 0) is 4.79 Å². The van der Waals surface area contributed by atoms with Crippen LogP contribution in [-0.4, -0.2) is 24.5 Å². The second-order valence-electron chi connectivity index (χ2n) is 5.28. The zero-order valence-electron chi connectivity index (χ0n) is 9.03. The lowest BCUT2D eigenvalue weighted by Crippen LogP contribution is -2.42. The molecular weight excluding hydrogens is 212 g/mol. The summed E-state index contributed by atoms with van der Waals surface area (Å²) in [4.78, 5) is 11.7. The zero-order chi connectivity index (χ0) is 9.71. The monoisotopic (exact) mass is 230 g/mol. The molecule has 3 nitrogen and oxygen atoms in total. The first kappa shape index (κ1) is 11.2. The van der Waals surface area contributed by atoms with Gasteiger partial charge in [-0.05, 0) is 37.0 Å². The zero-order valence-corrected chi connectivity index (χ0v) is 9.85. The smallest absolute Gasteiger partial charge is 0.237 e. The Labute approximate surface area is 96.8 Å². The van der Waals surface area contributed by atoms with Crippen LogP contribution in [0.15, 0.2) is 0 Å². The lowest BCUT2D eigenvalue weighted by molar-refractivity contribution is -0.123. The third-order valence-electron chi connectivity index (χ3n) is 4.01. The summed E-state index contributed by atoms with van der Waals surface area (Å²) < 4.78 is 0. The average Bonchev–Trinajstić information content (AvgIpc) is 3.04. The maximum absolute atomic E-state index is 11.7. The number of carbonyl (C=O) groups excluding carboxylic acids is 1. The standard InChI is InChI=1S/C11H18N2O.ClH/c1-6-2-8(6)5-12-11(14)10-4-7-3-9(7)13-10;/h6-10,13H,2-5H2,1H3,(H,12,14);1H/t6?,7-,8?,9-,10+;/m1./s1. The predicted molar refractivity (Wildman–Crippen MR) is 61.0 cm³/mol. The van der Waals surface area contributed by atoms with Crippen molar-refractivity contribution in [3.8, 4) is 0 Å². The highest BCUT2D eigenvalue weighted by molar-refractivity contribution is 5.85. The van der Waals surface area contributed by atoms with Gasteiger partial charge in [0.05, 0.1) is 6.04 Å². The van der Waals surface area contributed by atoms with Crippen molar-refractivity contribution in [3.05, 3.63) is 0 Å². The summed E-state index contributed by atoms with van der Waals surface area (Å²) in [7, 11) is 0. The fourth-order valence-corrected chi connectivity index (χ4v) is 2.56. The van der Waals surface area contributed by atoms with Crippen molar-refractivity contribution in [1.82, 2.24) is 10.6 Å². The molecule has 5 atom stereocenters. The van der Waals surface area contributed by atoms with Crippen LogP contribution >= 0.6 is 12.4 Å². The second kappa shape index (κ2) is 3.95. The van der Waals surface area contributed by atoms with Gasteiger partial charge in [-0.25, -0.2) is 0 Å². The first-order valence-corrected chi connectivity index (χ1v) is 5.78. The van der Waals surface area contributed by atoms with Gasteiger partial charge >= 0.3 is 0 Å². The van der Waals surface area contributed by atoms with E-state index in [9.17, 15) is 4.79 Å². The van der Waals surface area contributed by atoms with E-state index in [0.717, 1.165) is 30.7 Å². The molecule has 3 aliphatic rings. The summed E-state index contributed by atoms with van der Waals surface area (Å²) >= 11 is 0. The SMILES string of the molecule is CC1CC1CNC(=O)[C@@H]1C[C@H]2C[C@H]2N1.Cl. The maximum Gasteiger partial charge on any atom is 0.237 e. The van der Waals surface area contributed by atoms with Crippen LogP contribution in [0, 0.1) is 17.8 Å². The van der Waals surface area contributed by atoms with Crippen molar-refractivity contribution in [3.63, 3.8) is 0 Å². The lowest BCUT2D eigenvalue weighted by Gasteiger charge is -2.12. The van der Waals surface area contributed by atoms with E-state index in [0.29, 0.717) is 6.04 Å². The molecular formula is C11H19ClN2O. The van der Waals surface area contributed by atoms with Crippen LogP contribution < -0.4 is 10.6 Å². The van der Waals surface area contributed by atoms with Crippen molar-refractivity contribution in [2.45, 2.75) is 38.3 Å². The van der Waals surface area contributed by atoms with Gasteiger partial charge in [-0.1, -0.05) is 6.92 Å². The molecule has 1 saturated heterocycles. The molecule has 0 radical (unpaired) electrons. The van der Waals surface area contributed by atoms with Crippen molar-refractivity contribution in [1.29, 1.82) is 0 Å². The first-order chi connectivity index (χ1) is 6.74. The van der Waals surface area contributed by atoms with Gasteiger partial charge in [-0.2, -0.15) is 0 Å². The average molecular weight is 231 g/mol. The highest BCUT2D eigenvalue weighted by atomic mass is 35.5. The number of rotatable bonds is 3. The molecule has 0 aromatic heterocycles. The molecule has 86 valence electrons. The number of hydrogen-bond acceptors (Lipinski definition) is 2. The Bertz CT molecular complexity index is 261. The molecule has 1 heterocycles. The molecule has 15 heavy (non-hydrogen) atoms. The number of hydrogen-bond donors (Lipinski definition) is 2. The van der Waals surface area contributed by atoms with Crippen molar-refractivity contribution < 1.29 is 4.79 Å². The van der Waals surface area contributed by atoms with Crippen LogP contribution in [0.25, 0.3) is 0 Å². The van der Waals surface area contributed by atoms with E-state index >= 15 is 0 Å². The topological polar surface area (TPSA) is 41.1 Å². The minimum Gasteiger partial charge on any atom is -0.354 e. The Morgan fingerprint density at radius 1 is 1.40 bits per heavy atom. The van der Waals surface area contributed by atoms with E-state index in [1.165, 1.54) is 12.8 Å². The number of carbonyl (C=O) groups is 1. The Morgan fingerprint density at radius 2 is 2.13 bits per heavy atom. The minimum absolute atomic E-state index is 0. The molecule has 0 bridgehead atoms. The van der Waals surface area contributed by atoms with E-state index < -0.39 is 0 Å². The number of amides is 1. The van der Waals surface area contributed by atoms with Gasteiger partial charge < -0.3 is 10.6 Å². The van der Waals surface area contributed by atoms with Crippen LogP contribution in [0.4, 0.5) is 0 Å². The molecule has 4 heteroatoms. The highest BCUT2D eigenvalue weighted by Crippen LogP contribution is 2.41. The molecule has 2 N–H and O–H groups in total. The molecule has 2 aliphatic carbocycles. The Morgan fingerprint density at radius 3 is 2.67 bits per heavy atom. The molecule has 3 rings (SSSR count). The van der Waals surface area contributed by atoms with Gasteiger partial charge in [-0.15, -0.1) is 12.4 Å². The summed E-state index contributed by atoms with van der Waals surface area (Å²) in [6.07, 6.45) is 3.66. The first-order valence-electron chi connectivity index (χ1n) is 5.78. The van der Waals surface area contributed by atoms with Gasteiger partial charge in [0.15, 0.2) is 0 Å². The van der Waals surface area contributed by atoms with Gasteiger partial charge in [0.2, 0.25) is 5.91 Å². The van der Waals surface area contributed by atoms with Crippen LogP contribution in [0.3, 0.4) is 0 Å². The molecule has 0 spiro atoms. The molecule has 1 amide bonds.